The lowest BCUT2D eigenvalue weighted by molar-refractivity contribution is 0.0532. The van der Waals surface area contributed by atoms with Gasteiger partial charge in [0.05, 0.1) is 6.61 Å². The Balaban J connectivity index is 1.69. The van der Waals surface area contributed by atoms with Crippen molar-refractivity contribution in [1.82, 2.24) is 5.32 Å². The minimum atomic E-state index is 0.765. The molecule has 1 saturated heterocycles. The summed E-state index contributed by atoms with van der Waals surface area (Å²) in [5.41, 5.74) is 0. The van der Waals surface area contributed by atoms with Gasteiger partial charge >= 0.3 is 0 Å². The molecular formula is C14H27NO. The highest BCUT2D eigenvalue weighted by atomic mass is 16.5. The Labute approximate surface area is 100 Å². The van der Waals surface area contributed by atoms with Crippen molar-refractivity contribution in [3.8, 4) is 0 Å². The SMILES string of the molecule is CCC1CCC(NCC2CCCOC2)C1C. The maximum absolute atomic E-state index is 5.53. The van der Waals surface area contributed by atoms with Gasteiger partial charge in [0.15, 0.2) is 0 Å². The Hall–Kier alpha value is -0.0800. The molecule has 0 aromatic rings. The van der Waals surface area contributed by atoms with E-state index < -0.39 is 0 Å². The van der Waals surface area contributed by atoms with Crippen LogP contribution in [0.1, 0.15) is 46.0 Å². The summed E-state index contributed by atoms with van der Waals surface area (Å²) in [4.78, 5) is 0. The van der Waals surface area contributed by atoms with Crippen LogP contribution in [-0.4, -0.2) is 25.8 Å². The molecule has 1 heterocycles. The second-order valence-electron chi connectivity index (χ2n) is 5.70. The molecule has 1 aliphatic heterocycles. The maximum Gasteiger partial charge on any atom is 0.0506 e. The number of nitrogens with one attached hydrogen (secondary N) is 1. The fourth-order valence-corrected chi connectivity index (χ4v) is 3.40. The summed E-state index contributed by atoms with van der Waals surface area (Å²) >= 11 is 0. The average molecular weight is 225 g/mol. The summed E-state index contributed by atoms with van der Waals surface area (Å²) in [7, 11) is 0. The van der Waals surface area contributed by atoms with E-state index in [0.29, 0.717) is 0 Å². The van der Waals surface area contributed by atoms with E-state index in [2.05, 4.69) is 19.2 Å². The second-order valence-corrected chi connectivity index (χ2v) is 5.70. The van der Waals surface area contributed by atoms with E-state index in [1.165, 1.54) is 38.6 Å². The third-order valence-corrected chi connectivity index (χ3v) is 4.67. The van der Waals surface area contributed by atoms with Crippen LogP contribution in [0.4, 0.5) is 0 Å². The van der Waals surface area contributed by atoms with Crippen LogP contribution in [0.2, 0.25) is 0 Å². The molecule has 2 fully saturated rings. The molecule has 1 aliphatic carbocycles. The molecule has 2 aliphatic rings. The Morgan fingerprint density at radius 2 is 2.12 bits per heavy atom. The summed E-state index contributed by atoms with van der Waals surface area (Å²) in [6, 6.07) is 0.770. The van der Waals surface area contributed by atoms with Crippen LogP contribution in [0.5, 0.6) is 0 Å². The van der Waals surface area contributed by atoms with Crippen LogP contribution in [0, 0.1) is 17.8 Å². The van der Waals surface area contributed by atoms with Crippen LogP contribution in [0.25, 0.3) is 0 Å². The van der Waals surface area contributed by atoms with E-state index in [4.69, 9.17) is 4.74 Å². The predicted octanol–water partition coefficient (Wildman–Crippen LogP) is 2.83. The third-order valence-electron chi connectivity index (χ3n) is 4.67. The highest BCUT2D eigenvalue weighted by Gasteiger charge is 2.31. The van der Waals surface area contributed by atoms with Crippen LogP contribution in [0.3, 0.4) is 0 Å². The van der Waals surface area contributed by atoms with Gasteiger partial charge < -0.3 is 10.1 Å². The Bertz CT molecular complexity index is 201. The number of hydrogen-bond donors (Lipinski definition) is 1. The quantitative estimate of drug-likeness (QED) is 0.794. The summed E-state index contributed by atoms with van der Waals surface area (Å²) in [5.74, 6) is 2.59. The first-order valence-corrected chi connectivity index (χ1v) is 7.12. The lowest BCUT2D eigenvalue weighted by Crippen LogP contribution is -2.38. The molecule has 0 amide bonds. The number of rotatable bonds is 4. The zero-order valence-electron chi connectivity index (χ0n) is 10.9. The van der Waals surface area contributed by atoms with Crippen LogP contribution in [0.15, 0.2) is 0 Å². The van der Waals surface area contributed by atoms with Crippen molar-refractivity contribution < 1.29 is 4.74 Å². The molecule has 1 N–H and O–H groups in total. The van der Waals surface area contributed by atoms with Crippen molar-refractivity contribution >= 4 is 0 Å². The molecular weight excluding hydrogens is 198 g/mol. The highest BCUT2D eigenvalue weighted by molar-refractivity contribution is 4.86. The molecule has 0 aromatic heterocycles. The standard InChI is InChI=1S/C14H27NO/c1-3-13-6-7-14(11(13)2)15-9-12-5-4-8-16-10-12/h11-15H,3-10H2,1-2H3. The summed E-state index contributed by atoms with van der Waals surface area (Å²) < 4.78 is 5.53. The van der Waals surface area contributed by atoms with E-state index in [1.54, 1.807) is 0 Å². The van der Waals surface area contributed by atoms with Gasteiger partial charge in [-0.25, -0.2) is 0 Å². The molecule has 4 atom stereocenters. The Kier molecular flexibility index (Phi) is 4.66. The summed E-state index contributed by atoms with van der Waals surface area (Å²) in [6.07, 6.45) is 6.77. The van der Waals surface area contributed by atoms with E-state index >= 15 is 0 Å². The first kappa shape index (κ1) is 12.4. The van der Waals surface area contributed by atoms with E-state index in [-0.39, 0.29) is 0 Å². The van der Waals surface area contributed by atoms with E-state index in [1.807, 2.05) is 0 Å². The molecule has 0 bridgehead atoms. The van der Waals surface area contributed by atoms with Gasteiger partial charge in [-0.15, -0.1) is 0 Å². The van der Waals surface area contributed by atoms with Gasteiger partial charge in [-0.2, -0.15) is 0 Å². The van der Waals surface area contributed by atoms with Gasteiger partial charge in [-0.1, -0.05) is 20.3 Å². The molecule has 2 rings (SSSR count). The zero-order chi connectivity index (χ0) is 11.4. The molecule has 16 heavy (non-hydrogen) atoms. The average Bonchev–Trinajstić information content (AvgIpc) is 2.69. The van der Waals surface area contributed by atoms with E-state index in [0.717, 1.165) is 37.0 Å². The number of hydrogen-bond acceptors (Lipinski definition) is 2. The first-order valence-electron chi connectivity index (χ1n) is 7.12. The lowest BCUT2D eigenvalue weighted by Gasteiger charge is -2.26. The fourth-order valence-electron chi connectivity index (χ4n) is 3.40. The largest absolute Gasteiger partial charge is 0.381 e. The van der Waals surface area contributed by atoms with Crippen molar-refractivity contribution in [2.24, 2.45) is 17.8 Å². The van der Waals surface area contributed by atoms with Crippen LogP contribution in [-0.2, 0) is 4.74 Å². The molecule has 0 radical (unpaired) electrons. The number of ether oxygens (including phenoxy) is 1. The fraction of sp³-hybridized carbons (Fsp3) is 1.00. The maximum atomic E-state index is 5.53. The van der Waals surface area contributed by atoms with Crippen LogP contribution >= 0.6 is 0 Å². The van der Waals surface area contributed by atoms with Crippen LogP contribution < -0.4 is 5.32 Å². The molecule has 4 unspecified atom stereocenters. The van der Waals surface area contributed by atoms with Crippen molar-refractivity contribution in [3.63, 3.8) is 0 Å². The predicted molar refractivity (Wildman–Crippen MR) is 67.5 cm³/mol. The van der Waals surface area contributed by atoms with Gasteiger partial charge in [-0.3, -0.25) is 0 Å². The molecule has 1 saturated carbocycles. The van der Waals surface area contributed by atoms with Gasteiger partial charge in [0.1, 0.15) is 0 Å². The molecule has 0 aromatic carbocycles. The monoisotopic (exact) mass is 225 g/mol. The van der Waals surface area contributed by atoms with Gasteiger partial charge in [0.2, 0.25) is 0 Å². The van der Waals surface area contributed by atoms with E-state index in [9.17, 15) is 0 Å². The summed E-state index contributed by atoms with van der Waals surface area (Å²) in [5, 5.41) is 3.79. The van der Waals surface area contributed by atoms with Gasteiger partial charge in [0, 0.05) is 19.2 Å². The topological polar surface area (TPSA) is 21.3 Å². The molecule has 0 spiro atoms. The first-order chi connectivity index (χ1) is 7.81. The van der Waals surface area contributed by atoms with Crippen molar-refractivity contribution in [3.05, 3.63) is 0 Å². The van der Waals surface area contributed by atoms with Crippen molar-refractivity contribution in [2.45, 2.75) is 52.0 Å². The van der Waals surface area contributed by atoms with Gasteiger partial charge in [0.25, 0.3) is 0 Å². The van der Waals surface area contributed by atoms with Crippen molar-refractivity contribution in [2.75, 3.05) is 19.8 Å². The Morgan fingerprint density at radius 3 is 2.75 bits per heavy atom. The molecule has 2 heteroatoms. The Morgan fingerprint density at radius 1 is 1.25 bits per heavy atom. The molecule has 94 valence electrons. The zero-order valence-corrected chi connectivity index (χ0v) is 10.9. The highest BCUT2D eigenvalue weighted by Crippen LogP contribution is 2.33. The minimum absolute atomic E-state index is 0.765. The minimum Gasteiger partial charge on any atom is -0.381 e. The van der Waals surface area contributed by atoms with Crippen molar-refractivity contribution in [1.29, 1.82) is 0 Å². The molecule has 2 nitrogen and oxygen atoms in total. The lowest BCUT2D eigenvalue weighted by atomic mass is 9.93. The third kappa shape index (κ3) is 2.98. The normalized spacial score (nSPS) is 40.1. The van der Waals surface area contributed by atoms with Gasteiger partial charge in [-0.05, 0) is 43.4 Å². The smallest absolute Gasteiger partial charge is 0.0506 e. The second kappa shape index (κ2) is 6.02. The summed E-state index contributed by atoms with van der Waals surface area (Å²) in [6.45, 7) is 7.89.